The van der Waals surface area contributed by atoms with Crippen molar-refractivity contribution in [3.8, 4) is 5.75 Å². The number of ketones is 1. The number of methoxy groups -OCH3 is 1. The lowest BCUT2D eigenvalue weighted by molar-refractivity contribution is -0.133. The van der Waals surface area contributed by atoms with Gasteiger partial charge in [0.2, 0.25) is 0 Å². The smallest absolute Gasteiger partial charge is 0.160 e. The van der Waals surface area contributed by atoms with E-state index in [1.54, 1.807) is 7.11 Å². The van der Waals surface area contributed by atoms with Gasteiger partial charge in [0, 0.05) is 0 Å². The maximum atomic E-state index is 12.6. The Morgan fingerprint density at radius 2 is 2.22 bits per heavy atom. The van der Waals surface area contributed by atoms with E-state index in [9.17, 15) is 4.79 Å². The van der Waals surface area contributed by atoms with Crippen molar-refractivity contribution in [1.29, 1.82) is 0 Å². The fourth-order valence-corrected chi connectivity index (χ4v) is 3.35. The Bertz CT molecular complexity index is 511. The van der Waals surface area contributed by atoms with Gasteiger partial charge in [-0.3, -0.25) is 9.69 Å². The van der Waals surface area contributed by atoms with Crippen molar-refractivity contribution in [3.05, 3.63) is 29.3 Å². The molecule has 1 saturated heterocycles. The summed E-state index contributed by atoms with van der Waals surface area (Å²) in [5.74, 6) is 1.22. The number of carbonyl (C=O) groups excluding carboxylic acids is 1. The average molecular weight is 245 g/mol. The molecule has 0 radical (unpaired) electrons. The molecule has 1 aromatic carbocycles. The molecule has 18 heavy (non-hydrogen) atoms. The van der Waals surface area contributed by atoms with Gasteiger partial charge in [0.05, 0.1) is 18.6 Å². The number of likely N-dealkylation sites (N-methyl/N-ethyl adjacent to an activating group) is 1. The Hall–Kier alpha value is -1.35. The molecule has 3 rings (SSSR count). The summed E-state index contributed by atoms with van der Waals surface area (Å²) in [5, 5.41) is 0. The van der Waals surface area contributed by atoms with Gasteiger partial charge >= 0.3 is 0 Å². The van der Waals surface area contributed by atoms with Crippen LogP contribution in [-0.2, 0) is 16.6 Å². The first-order valence-corrected chi connectivity index (χ1v) is 6.48. The Kier molecular flexibility index (Phi) is 2.49. The van der Waals surface area contributed by atoms with Crippen LogP contribution in [-0.4, -0.2) is 37.4 Å². The molecular weight excluding hydrogens is 226 g/mol. The summed E-state index contributed by atoms with van der Waals surface area (Å²) >= 11 is 0. The summed E-state index contributed by atoms with van der Waals surface area (Å²) in [6.45, 7) is 3.08. The molecule has 0 spiro atoms. The topological polar surface area (TPSA) is 29.5 Å². The first kappa shape index (κ1) is 11.7. The number of Topliss-reactive ketones (excluding diaryl/α,β-unsaturated/α-hetero) is 1. The molecule has 0 amide bonds. The Morgan fingerprint density at radius 1 is 1.44 bits per heavy atom. The van der Waals surface area contributed by atoms with Crippen molar-refractivity contribution in [1.82, 2.24) is 4.90 Å². The van der Waals surface area contributed by atoms with Crippen LogP contribution >= 0.6 is 0 Å². The minimum Gasteiger partial charge on any atom is -0.497 e. The van der Waals surface area contributed by atoms with Crippen LogP contribution in [0.25, 0.3) is 0 Å². The molecule has 1 aliphatic carbocycles. The molecule has 1 heterocycles. The Morgan fingerprint density at radius 3 is 2.94 bits per heavy atom. The largest absolute Gasteiger partial charge is 0.497 e. The molecule has 2 atom stereocenters. The highest BCUT2D eigenvalue weighted by Crippen LogP contribution is 2.42. The number of likely N-dealkylation sites (tertiary alicyclic amines) is 1. The average Bonchev–Trinajstić information content (AvgIpc) is 2.38. The monoisotopic (exact) mass is 245 g/mol. The van der Waals surface area contributed by atoms with E-state index >= 15 is 0 Å². The quantitative estimate of drug-likeness (QED) is 0.755. The van der Waals surface area contributed by atoms with Crippen LogP contribution in [0, 0.1) is 0 Å². The van der Waals surface area contributed by atoms with Gasteiger partial charge in [0.15, 0.2) is 5.78 Å². The third-order valence-electron chi connectivity index (χ3n) is 4.67. The van der Waals surface area contributed by atoms with Gasteiger partial charge < -0.3 is 4.74 Å². The van der Waals surface area contributed by atoms with Crippen molar-refractivity contribution >= 4 is 5.78 Å². The molecule has 1 fully saturated rings. The molecule has 0 aromatic heterocycles. The first-order valence-electron chi connectivity index (χ1n) is 6.48. The minimum atomic E-state index is -0.320. The SMILES string of the molecule is COc1ccc2c(c1)[C@]1(C)CCN(C)[C@@H](C2)C1=O. The Balaban J connectivity index is 2.16. The number of rotatable bonds is 1. The van der Waals surface area contributed by atoms with E-state index < -0.39 is 0 Å². The van der Waals surface area contributed by atoms with E-state index in [-0.39, 0.29) is 11.5 Å². The van der Waals surface area contributed by atoms with E-state index in [2.05, 4.69) is 31.0 Å². The predicted octanol–water partition coefficient (Wildman–Crippen LogP) is 1.78. The van der Waals surface area contributed by atoms with E-state index in [0.29, 0.717) is 5.78 Å². The van der Waals surface area contributed by atoms with Crippen LogP contribution in [0.4, 0.5) is 0 Å². The van der Waals surface area contributed by atoms with E-state index in [1.807, 2.05) is 6.07 Å². The number of hydrogen-bond donors (Lipinski definition) is 0. The zero-order valence-corrected chi connectivity index (χ0v) is 11.2. The van der Waals surface area contributed by atoms with Gasteiger partial charge in [-0.1, -0.05) is 6.07 Å². The highest BCUT2D eigenvalue weighted by molar-refractivity contribution is 5.97. The van der Waals surface area contributed by atoms with Gasteiger partial charge in [-0.2, -0.15) is 0 Å². The number of ether oxygens (including phenoxy) is 1. The van der Waals surface area contributed by atoms with Crippen molar-refractivity contribution in [2.45, 2.75) is 31.2 Å². The number of carbonyl (C=O) groups is 1. The van der Waals surface area contributed by atoms with E-state index in [1.165, 1.54) is 11.1 Å². The van der Waals surface area contributed by atoms with Crippen LogP contribution in [0.3, 0.4) is 0 Å². The van der Waals surface area contributed by atoms with Crippen LogP contribution < -0.4 is 4.74 Å². The molecule has 0 unspecified atom stereocenters. The number of benzene rings is 1. The maximum absolute atomic E-state index is 12.6. The highest BCUT2D eigenvalue weighted by atomic mass is 16.5. The van der Waals surface area contributed by atoms with Crippen molar-refractivity contribution in [2.24, 2.45) is 0 Å². The summed E-state index contributed by atoms with van der Waals surface area (Å²) in [6, 6.07) is 6.22. The lowest BCUT2D eigenvalue weighted by atomic mass is 9.64. The number of hydrogen-bond acceptors (Lipinski definition) is 3. The lowest BCUT2D eigenvalue weighted by Gasteiger charge is -2.47. The van der Waals surface area contributed by atoms with Crippen LogP contribution in [0.5, 0.6) is 5.75 Å². The number of fused-ring (bicyclic) bond motifs is 4. The highest BCUT2D eigenvalue weighted by Gasteiger charge is 2.49. The Labute approximate surface area is 108 Å². The molecule has 1 aromatic rings. The second kappa shape index (κ2) is 3.82. The zero-order valence-electron chi connectivity index (χ0n) is 11.2. The van der Waals surface area contributed by atoms with Gasteiger partial charge in [-0.15, -0.1) is 0 Å². The lowest BCUT2D eigenvalue weighted by Crippen LogP contribution is -2.58. The molecule has 2 aliphatic rings. The number of nitrogens with zero attached hydrogens (tertiary/aromatic N) is 1. The zero-order chi connectivity index (χ0) is 12.9. The molecular formula is C15H19NO2. The van der Waals surface area contributed by atoms with Crippen molar-refractivity contribution in [2.75, 3.05) is 20.7 Å². The van der Waals surface area contributed by atoms with E-state index in [0.717, 1.165) is 25.1 Å². The molecule has 3 nitrogen and oxygen atoms in total. The molecule has 1 aliphatic heterocycles. The normalized spacial score (nSPS) is 31.1. The fraction of sp³-hybridized carbons (Fsp3) is 0.533. The second-order valence-corrected chi connectivity index (χ2v) is 5.67. The maximum Gasteiger partial charge on any atom is 0.160 e. The van der Waals surface area contributed by atoms with Crippen molar-refractivity contribution < 1.29 is 9.53 Å². The van der Waals surface area contributed by atoms with Gasteiger partial charge in [-0.05, 0) is 56.6 Å². The van der Waals surface area contributed by atoms with Gasteiger partial charge in [0.25, 0.3) is 0 Å². The summed E-state index contributed by atoms with van der Waals surface area (Å²) in [7, 11) is 3.73. The first-order chi connectivity index (χ1) is 8.56. The van der Waals surface area contributed by atoms with Gasteiger partial charge in [-0.25, -0.2) is 0 Å². The summed E-state index contributed by atoms with van der Waals surface area (Å²) in [5.41, 5.74) is 2.16. The third kappa shape index (κ3) is 1.43. The number of piperidine rings is 1. The summed E-state index contributed by atoms with van der Waals surface area (Å²) < 4.78 is 5.30. The van der Waals surface area contributed by atoms with E-state index in [4.69, 9.17) is 4.74 Å². The van der Waals surface area contributed by atoms with Crippen molar-refractivity contribution in [3.63, 3.8) is 0 Å². The third-order valence-corrected chi connectivity index (χ3v) is 4.67. The molecule has 2 bridgehead atoms. The van der Waals surface area contributed by atoms with Gasteiger partial charge in [0.1, 0.15) is 5.75 Å². The van der Waals surface area contributed by atoms with Crippen LogP contribution in [0.2, 0.25) is 0 Å². The fourth-order valence-electron chi connectivity index (χ4n) is 3.35. The molecule has 0 saturated carbocycles. The molecule has 0 N–H and O–H groups in total. The molecule has 96 valence electrons. The van der Waals surface area contributed by atoms with Crippen LogP contribution in [0.1, 0.15) is 24.5 Å². The summed E-state index contributed by atoms with van der Waals surface area (Å²) in [6.07, 6.45) is 1.74. The second-order valence-electron chi connectivity index (χ2n) is 5.67. The standard InChI is InChI=1S/C15H19NO2/c1-15-6-7-16(2)13(14(15)17)8-10-4-5-11(18-3)9-12(10)15/h4-5,9,13H,6-8H2,1-3H3/t13-,15-/m0/s1. The summed E-state index contributed by atoms with van der Waals surface area (Å²) in [4.78, 5) is 14.8. The molecule has 3 heteroatoms. The predicted molar refractivity (Wildman–Crippen MR) is 70.1 cm³/mol. The van der Waals surface area contributed by atoms with Crippen LogP contribution in [0.15, 0.2) is 18.2 Å². The minimum absolute atomic E-state index is 0.0599.